The fourth-order valence-corrected chi connectivity index (χ4v) is 2.41. The highest BCUT2D eigenvalue weighted by atomic mass is 16.5. The first kappa shape index (κ1) is 17.4. The van der Waals surface area contributed by atoms with Crippen molar-refractivity contribution in [2.45, 2.75) is 6.42 Å². The monoisotopic (exact) mass is 345 g/mol. The number of carbonyl (C=O) groups excluding carboxylic acids is 1. The predicted molar refractivity (Wildman–Crippen MR) is 101 cm³/mol. The molecule has 0 saturated carbocycles. The zero-order valence-electron chi connectivity index (χ0n) is 14.2. The minimum absolute atomic E-state index is 0.0977. The molecule has 0 atom stereocenters. The van der Waals surface area contributed by atoms with Crippen LogP contribution in [0.1, 0.15) is 16.7 Å². The van der Waals surface area contributed by atoms with Crippen LogP contribution in [0.4, 0.5) is 0 Å². The van der Waals surface area contributed by atoms with Crippen molar-refractivity contribution in [3.63, 3.8) is 0 Å². The summed E-state index contributed by atoms with van der Waals surface area (Å²) in [5.41, 5.74) is 5.54. The third-order valence-electron chi connectivity index (χ3n) is 3.68. The molecule has 0 aliphatic carbocycles. The molecule has 2 aromatic carbocycles. The average Bonchev–Trinajstić information content (AvgIpc) is 2.69. The highest BCUT2D eigenvalue weighted by molar-refractivity contribution is 5.82. The lowest BCUT2D eigenvalue weighted by Crippen LogP contribution is -2.24. The quantitative estimate of drug-likeness (QED) is 0.528. The molecule has 0 fully saturated rings. The van der Waals surface area contributed by atoms with Crippen LogP contribution in [-0.4, -0.2) is 23.7 Å². The maximum atomic E-state index is 11.9. The van der Waals surface area contributed by atoms with Crippen LogP contribution < -0.4 is 10.2 Å². The van der Waals surface area contributed by atoms with Crippen molar-refractivity contribution >= 4 is 12.1 Å². The second kappa shape index (κ2) is 9.13. The van der Waals surface area contributed by atoms with E-state index in [1.165, 1.54) is 5.56 Å². The summed E-state index contributed by atoms with van der Waals surface area (Å²) in [5, 5.41) is 3.91. The first-order valence-electron chi connectivity index (χ1n) is 8.28. The molecule has 0 radical (unpaired) electrons. The lowest BCUT2D eigenvalue weighted by Gasteiger charge is -2.11. The summed E-state index contributed by atoms with van der Waals surface area (Å²) in [5.74, 6) is 0.384. The Morgan fingerprint density at radius 2 is 1.73 bits per heavy atom. The van der Waals surface area contributed by atoms with Gasteiger partial charge in [0, 0.05) is 18.8 Å². The molecule has 5 nitrogen and oxygen atoms in total. The van der Waals surface area contributed by atoms with Crippen LogP contribution in [0.5, 0.6) is 5.75 Å². The number of aromatic nitrogens is 1. The number of nitrogens with one attached hydrogen (secondary N) is 1. The molecular formula is C21H19N3O2. The van der Waals surface area contributed by atoms with E-state index in [0.29, 0.717) is 5.75 Å². The van der Waals surface area contributed by atoms with Gasteiger partial charge >= 0.3 is 0 Å². The van der Waals surface area contributed by atoms with Gasteiger partial charge in [0.25, 0.3) is 5.91 Å². The van der Waals surface area contributed by atoms with Gasteiger partial charge in [0.1, 0.15) is 5.75 Å². The van der Waals surface area contributed by atoms with Crippen LogP contribution in [0, 0.1) is 0 Å². The summed E-state index contributed by atoms with van der Waals surface area (Å²) in [6.07, 6.45) is 5.63. The molecule has 0 bridgehead atoms. The summed E-state index contributed by atoms with van der Waals surface area (Å²) in [4.78, 5) is 15.8. The van der Waals surface area contributed by atoms with Gasteiger partial charge in [-0.2, -0.15) is 5.10 Å². The molecule has 3 rings (SSSR count). The molecule has 5 heteroatoms. The fourth-order valence-electron chi connectivity index (χ4n) is 2.41. The summed E-state index contributed by atoms with van der Waals surface area (Å²) in [6, 6.07) is 21.5. The molecule has 26 heavy (non-hydrogen) atoms. The van der Waals surface area contributed by atoms with Crippen LogP contribution in [-0.2, 0) is 11.2 Å². The lowest BCUT2D eigenvalue weighted by molar-refractivity contribution is -0.123. The van der Waals surface area contributed by atoms with Crippen molar-refractivity contribution in [1.82, 2.24) is 10.4 Å². The number of para-hydroxylation sites is 1. The van der Waals surface area contributed by atoms with E-state index in [-0.39, 0.29) is 12.5 Å². The zero-order chi connectivity index (χ0) is 18.0. The van der Waals surface area contributed by atoms with Crippen molar-refractivity contribution in [2.75, 3.05) is 6.61 Å². The SMILES string of the molecule is O=C(COc1ccccc1Cc1ccccc1)N/N=C\c1ccncc1. The molecule has 0 spiro atoms. The van der Waals surface area contributed by atoms with Gasteiger partial charge in [-0.25, -0.2) is 5.43 Å². The molecule has 0 aliphatic heterocycles. The van der Waals surface area contributed by atoms with Crippen molar-refractivity contribution < 1.29 is 9.53 Å². The Balaban J connectivity index is 1.54. The number of hydrogen-bond donors (Lipinski definition) is 1. The topological polar surface area (TPSA) is 63.6 Å². The van der Waals surface area contributed by atoms with Crippen LogP contribution in [0.15, 0.2) is 84.2 Å². The molecule has 1 amide bonds. The van der Waals surface area contributed by atoms with E-state index in [2.05, 4.69) is 27.6 Å². The van der Waals surface area contributed by atoms with Gasteiger partial charge in [-0.1, -0.05) is 48.5 Å². The summed E-state index contributed by atoms with van der Waals surface area (Å²) in [7, 11) is 0. The number of hydrogen-bond acceptors (Lipinski definition) is 4. The average molecular weight is 345 g/mol. The molecule has 0 aliphatic rings. The predicted octanol–water partition coefficient (Wildman–Crippen LogP) is 3.20. The molecule has 1 heterocycles. The van der Waals surface area contributed by atoms with Crippen molar-refractivity contribution in [3.8, 4) is 5.75 Å². The highest BCUT2D eigenvalue weighted by Gasteiger charge is 2.07. The third-order valence-corrected chi connectivity index (χ3v) is 3.68. The lowest BCUT2D eigenvalue weighted by atomic mass is 10.0. The molecule has 130 valence electrons. The minimum Gasteiger partial charge on any atom is -0.483 e. The number of benzene rings is 2. The smallest absolute Gasteiger partial charge is 0.277 e. The number of hydrazone groups is 1. The van der Waals surface area contributed by atoms with Gasteiger partial charge in [0.15, 0.2) is 6.61 Å². The fraction of sp³-hybridized carbons (Fsp3) is 0.0952. The molecule has 3 aromatic rings. The number of pyridine rings is 1. The van der Waals surface area contributed by atoms with E-state index in [0.717, 1.165) is 17.5 Å². The van der Waals surface area contributed by atoms with Crippen molar-refractivity contribution in [1.29, 1.82) is 0 Å². The van der Waals surface area contributed by atoms with E-state index in [1.807, 2.05) is 42.5 Å². The molecule has 1 aromatic heterocycles. The first-order valence-corrected chi connectivity index (χ1v) is 8.28. The Hall–Kier alpha value is -3.47. The van der Waals surface area contributed by atoms with Gasteiger partial charge in [0.2, 0.25) is 0 Å². The van der Waals surface area contributed by atoms with E-state index in [1.54, 1.807) is 30.7 Å². The summed E-state index contributed by atoms with van der Waals surface area (Å²) >= 11 is 0. The van der Waals surface area contributed by atoms with Gasteiger partial charge in [0.05, 0.1) is 6.21 Å². The second-order valence-electron chi connectivity index (χ2n) is 5.63. The Morgan fingerprint density at radius 3 is 2.54 bits per heavy atom. The minimum atomic E-state index is -0.315. The number of ether oxygens (including phenoxy) is 1. The molecule has 0 saturated heterocycles. The van der Waals surface area contributed by atoms with E-state index in [4.69, 9.17) is 4.74 Å². The molecular weight excluding hydrogens is 326 g/mol. The van der Waals surface area contributed by atoms with Crippen molar-refractivity contribution in [3.05, 3.63) is 95.8 Å². The van der Waals surface area contributed by atoms with Crippen LogP contribution in [0.3, 0.4) is 0 Å². The number of nitrogens with zero attached hydrogens (tertiary/aromatic N) is 2. The zero-order valence-corrected chi connectivity index (χ0v) is 14.2. The number of rotatable bonds is 7. The standard InChI is InChI=1S/C21H19N3O2/c25-21(24-23-15-18-10-12-22-13-11-18)16-26-20-9-5-4-8-19(20)14-17-6-2-1-3-7-17/h1-13,15H,14,16H2,(H,24,25)/b23-15-. The Kier molecular flexibility index (Phi) is 6.09. The number of carbonyl (C=O) groups is 1. The highest BCUT2D eigenvalue weighted by Crippen LogP contribution is 2.21. The first-order chi connectivity index (χ1) is 12.8. The van der Waals surface area contributed by atoms with Gasteiger partial charge in [-0.05, 0) is 34.9 Å². The largest absolute Gasteiger partial charge is 0.483 e. The maximum absolute atomic E-state index is 11.9. The Bertz CT molecular complexity index is 865. The van der Waals surface area contributed by atoms with Gasteiger partial charge in [-0.3, -0.25) is 9.78 Å². The second-order valence-corrected chi connectivity index (χ2v) is 5.63. The van der Waals surface area contributed by atoms with Crippen LogP contribution in [0.2, 0.25) is 0 Å². The Morgan fingerprint density at radius 1 is 1.00 bits per heavy atom. The Labute approximate surface area is 152 Å². The van der Waals surface area contributed by atoms with Crippen LogP contribution >= 0.6 is 0 Å². The maximum Gasteiger partial charge on any atom is 0.277 e. The van der Waals surface area contributed by atoms with Gasteiger partial charge < -0.3 is 4.74 Å². The van der Waals surface area contributed by atoms with E-state index in [9.17, 15) is 4.79 Å². The normalized spacial score (nSPS) is 10.6. The summed E-state index contributed by atoms with van der Waals surface area (Å²) in [6.45, 7) is -0.0977. The van der Waals surface area contributed by atoms with E-state index >= 15 is 0 Å². The van der Waals surface area contributed by atoms with Gasteiger partial charge in [-0.15, -0.1) is 0 Å². The summed E-state index contributed by atoms with van der Waals surface area (Å²) < 4.78 is 5.68. The third kappa shape index (κ3) is 5.27. The van der Waals surface area contributed by atoms with E-state index < -0.39 is 0 Å². The molecule has 0 unspecified atom stereocenters. The number of amides is 1. The molecule has 1 N–H and O–H groups in total. The van der Waals surface area contributed by atoms with Crippen LogP contribution in [0.25, 0.3) is 0 Å². The van der Waals surface area contributed by atoms with Crippen molar-refractivity contribution in [2.24, 2.45) is 5.10 Å².